The molecule has 18 heavy (non-hydrogen) atoms. The first-order valence-corrected chi connectivity index (χ1v) is 6.97. The molecule has 0 saturated carbocycles. The zero-order valence-electron chi connectivity index (χ0n) is 12.8. The van der Waals surface area contributed by atoms with Crippen molar-refractivity contribution in [2.75, 3.05) is 0 Å². The van der Waals surface area contributed by atoms with E-state index in [0.29, 0.717) is 5.92 Å². The second-order valence-electron chi connectivity index (χ2n) is 7.45. The van der Waals surface area contributed by atoms with E-state index in [4.69, 9.17) is 4.74 Å². The summed E-state index contributed by atoms with van der Waals surface area (Å²) in [4.78, 5) is 0. The predicted molar refractivity (Wildman–Crippen MR) is 77.6 cm³/mol. The zero-order valence-corrected chi connectivity index (χ0v) is 12.8. The minimum absolute atomic E-state index is 0.0622. The smallest absolute Gasteiger partial charge is 0.127 e. The Morgan fingerprint density at radius 2 is 1.78 bits per heavy atom. The monoisotopic (exact) mass is 246 g/mol. The van der Waals surface area contributed by atoms with Crippen LogP contribution in [0.1, 0.15) is 71.1 Å². The maximum Gasteiger partial charge on any atom is 0.127 e. The first-order chi connectivity index (χ1) is 8.12. The van der Waals surface area contributed by atoms with Gasteiger partial charge >= 0.3 is 0 Å². The molecule has 0 aromatic heterocycles. The molecule has 1 aromatic carbocycles. The van der Waals surface area contributed by atoms with Crippen molar-refractivity contribution in [2.24, 2.45) is 0 Å². The van der Waals surface area contributed by atoms with Crippen molar-refractivity contribution in [3.8, 4) is 5.75 Å². The minimum atomic E-state index is -0.0622. The molecule has 2 rings (SSSR count). The molecule has 1 heterocycles. The normalized spacial score (nSPS) is 17.8. The Kier molecular flexibility index (Phi) is 3.00. The van der Waals surface area contributed by atoms with E-state index >= 15 is 0 Å². The second kappa shape index (κ2) is 4.01. The summed E-state index contributed by atoms with van der Waals surface area (Å²) >= 11 is 0. The fourth-order valence-corrected chi connectivity index (χ4v) is 2.81. The summed E-state index contributed by atoms with van der Waals surface area (Å²) in [5, 5.41) is 0. The first kappa shape index (κ1) is 13.5. The highest BCUT2D eigenvalue weighted by molar-refractivity contribution is 5.53. The number of ether oxygens (including phenoxy) is 1. The fraction of sp³-hybridized carbons (Fsp3) is 0.647. The first-order valence-electron chi connectivity index (χ1n) is 6.97. The van der Waals surface area contributed by atoms with Crippen LogP contribution < -0.4 is 4.74 Å². The van der Waals surface area contributed by atoms with Crippen molar-refractivity contribution in [1.82, 2.24) is 0 Å². The molecule has 1 aliphatic rings. The van der Waals surface area contributed by atoms with Gasteiger partial charge in [-0.2, -0.15) is 0 Å². The van der Waals surface area contributed by atoms with Gasteiger partial charge in [0.1, 0.15) is 11.4 Å². The van der Waals surface area contributed by atoms with Crippen molar-refractivity contribution in [3.63, 3.8) is 0 Å². The SMILES string of the molecule is CC(C)c1ccc(C(C)(C)C)c2c1CC(C)(C)O2. The van der Waals surface area contributed by atoms with Gasteiger partial charge in [-0.05, 0) is 36.3 Å². The summed E-state index contributed by atoms with van der Waals surface area (Å²) in [5.41, 5.74) is 4.30. The molecule has 0 saturated heterocycles. The molecule has 100 valence electrons. The summed E-state index contributed by atoms with van der Waals surface area (Å²) < 4.78 is 6.24. The Morgan fingerprint density at radius 1 is 1.17 bits per heavy atom. The lowest BCUT2D eigenvalue weighted by atomic mass is 9.82. The van der Waals surface area contributed by atoms with Crippen LogP contribution in [-0.2, 0) is 11.8 Å². The van der Waals surface area contributed by atoms with Gasteiger partial charge in [-0.3, -0.25) is 0 Å². The van der Waals surface area contributed by atoms with E-state index in [-0.39, 0.29) is 11.0 Å². The third-order valence-electron chi connectivity index (χ3n) is 3.71. The number of rotatable bonds is 1. The van der Waals surface area contributed by atoms with Crippen molar-refractivity contribution in [1.29, 1.82) is 0 Å². The predicted octanol–water partition coefficient (Wildman–Crippen LogP) is 4.82. The van der Waals surface area contributed by atoms with Crippen LogP contribution >= 0.6 is 0 Å². The highest BCUT2D eigenvalue weighted by Crippen LogP contribution is 2.45. The highest BCUT2D eigenvalue weighted by Gasteiger charge is 2.36. The molecule has 0 fully saturated rings. The van der Waals surface area contributed by atoms with Crippen LogP contribution in [0.15, 0.2) is 12.1 Å². The topological polar surface area (TPSA) is 9.23 Å². The standard InChI is InChI=1S/C17H26O/c1-11(2)12-8-9-14(16(3,4)5)15-13(12)10-17(6,7)18-15/h8-9,11H,10H2,1-7H3. The van der Waals surface area contributed by atoms with Crippen LogP contribution in [-0.4, -0.2) is 5.60 Å². The van der Waals surface area contributed by atoms with E-state index < -0.39 is 0 Å². The Hall–Kier alpha value is -0.980. The van der Waals surface area contributed by atoms with Gasteiger partial charge < -0.3 is 4.74 Å². The quantitative estimate of drug-likeness (QED) is 0.690. The van der Waals surface area contributed by atoms with E-state index in [2.05, 4.69) is 60.6 Å². The molecule has 0 atom stereocenters. The molecule has 1 heteroatoms. The molecule has 1 aromatic rings. The number of hydrogen-bond donors (Lipinski definition) is 0. The van der Waals surface area contributed by atoms with Gasteiger partial charge in [0.05, 0.1) is 0 Å². The van der Waals surface area contributed by atoms with Crippen LogP contribution in [0, 0.1) is 0 Å². The summed E-state index contributed by atoms with van der Waals surface area (Å²) in [5.74, 6) is 1.71. The molecule has 0 radical (unpaired) electrons. The van der Waals surface area contributed by atoms with Gasteiger partial charge in [0.25, 0.3) is 0 Å². The number of hydrogen-bond acceptors (Lipinski definition) is 1. The third kappa shape index (κ3) is 2.28. The maximum absolute atomic E-state index is 6.24. The van der Waals surface area contributed by atoms with Crippen LogP contribution in [0.25, 0.3) is 0 Å². The molecule has 0 amide bonds. The lowest BCUT2D eigenvalue weighted by molar-refractivity contribution is 0.136. The summed E-state index contributed by atoms with van der Waals surface area (Å²) in [7, 11) is 0. The maximum atomic E-state index is 6.24. The number of benzene rings is 1. The second-order valence-corrected chi connectivity index (χ2v) is 7.45. The molecule has 0 N–H and O–H groups in total. The van der Waals surface area contributed by atoms with E-state index in [9.17, 15) is 0 Å². The largest absolute Gasteiger partial charge is 0.487 e. The van der Waals surface area contributed by atoms with Gasteiger partial charge in [-0.25, -0.2) is 0 Å². The van der Waals surface area contributed by atoms with Crippen LogP contribution in [0.4, 0.5) is 0 Å². The summed E-state index contributed by atoms with van der Waals surface area (Å²) in [6, 6.07) is 4.56. The molecule has 0 aliphatic carbocycles. The van der Waals surface area contributed by atoms with Crippen LogP contribution in [0.5, 0.6) is 5.75 Å². The lowest BCUT2D eigenvalue weighted by Crippen LogP contribution is -2.25. The summed E-state index contributed by atoms with van der Waals surface area (Å²) in [6.45, 7) is 15.7. The van der Waals surface area contributed by atoms with Crippen molar-refractivity contribution >= 4 is 0 Å². The summed E-state index contributed by atoms with van der Waals surface area (Å²) in [6.07, 6.45) is 1.03. The van der Waals surface area contributed by atoms with Crippen LogP contribution in [0.3, 0.4) is 0 Å². The van der Waals surface area contributed by atoms with Gasteiger partial charge in [0, 0.05) is 12.0 Å². The Morgan fingerprint density at radius 3 is 2.28 bits per heavy atom. The lowest BCUT2D eigenvalue weighted by Gasteiger charge is -2.25. The van der Waals surface area contributed by atoms with E-state index in [1.165, 1.54) is 16.7 Å². The number of fused-ring (bicyclic) bond motifs is 1. The molecular weight excluding hydrogens is 220 g/mol. The van der Waals surface area contributed by atoms with Crippen molar-refractivity contribution < 1.29 is 4.74 Å². The molecule has 0 bridgehead atoms. The third-order valence-corrected chi connectivity index (χ3v) is 3.71. The fourth-order valence-electron chi connectivity index (χ4n) is 2.81. The Labute approximate surface area is 112 Å². The van der Waals surface area contributed by atoms with Crippen molar-refractivity contribution in [3.05, 3.63) is 28.8 Å². The highest BCUT2D eigenvalue weighted by atomic mass is 16.5. The molecule has 0 unspecified atom stereocenters. The minimum Gasteiger partial charge on any atom is -0.487 e. The van der Waals surface area contributed by atoms with E-state index in [1.54, 1.807) is 0 Å². The van der Waals surface area contributed by atoms with Crippen LogP contribution in [0.2, 0.25) is 0 Å². The molecular formula is C17H26O. The average Bonchev–Trinajstić information content (AvgIpc) is 2.48. The van der Waals surface area contributed by atoms with Gasteiger partial charge in [0.15, 0.2) is 0 Å². The van der Waals surface area contributed by atoms with Gasteiger partial charge in [0.2, 0.25) is 0 Å². The Balaban J connectivity index is 2.62. The molecule has 1 nitrogen and oxygen atoms in total. The molecule has 1 aliphatic heterocycles. The zero-order chi connectivity index (χ0) is 13.7. The van der Waals surface area contributed by atoms with Crippen molar-refractivity contribution in [2.45, 2.75) is 71.8 Å². The molecule has 0 spiro atoms. The van der Waals surface area contributed by atoms with E-state index in [1.807, 2.05) is 0 Å². The van der Waals surface area contributed by atoms with Gasteiger partial charge in [-0.15, -0.1) is 0 Å². The van der Waals surface area contributed by atoms with E-state index in [0.717, 1.165) is 12.2 Å². The Bertz CT molecular complexity index is 461. The van der Waals surface area contributed by atoms with Gasteiger partial charge in [-0.1, -0.05) is 46.8 Å². The average molecular weight is 246 g/mol.